The molecule has 1 saturated heterocycles. The van der Waals surface area contributed by atoms with Gasteiger partial charge < -0.3 is 14.2 Å². The molecule has 3 rings (SSSR count). The molecule has 1 aromatic carbocycles. The van der Waals surface area contributed by atoms with Gasteiger partial charge in [-0.3, -0.25) is 4.98 Å². The molecule has 0 spiro atoms. The lowest BCUT2D eigenvalue weighted by Crippen LogP contribution is -2.13. The minimum Gasteiger partial charge on any atom is -0.497 e. The molecule has 6 heteroatoms. The molecule has 5 nitrogen and oxygen atoms in total. The summed E-state index contributed by atoms with van der Waals surface area (Å²) in [6.45, 7) is 2.83. The molecule has 1 fully saturated rings. The molecule has 1 aromatic heterocycles. The summed E-state index contributed by atoms with van der Waals surface area (Å²) >= 11 is 1.68. The van der Waals surface area contributed by atoms with Gasteiger partial charge >= 0.3 is 0 Å². The number of hydrogen-bond donors (Lipinski definition) is 0. The molecule has 2 aromatic rings. The summed E-state index contributed by atoms with van der Waals surface area (Å²) in [7, 11) is 3.22. The Morgan fingerprint density at radius 2 is 2.17 bits per heavy atom. The first-order valence-electron chi connectivity index (χ1n) is 7.41. The number of thioether (sulfide) groups is 1. The average molecular weight is 330 g/mol. The van der Waals surface area contributed by atoms with Crippen molar-refractivity contribution in [2.45, 2.75) is 29.6 Å². The van der Waals surface area contributed by atoms with Crippen molar-refractivity contribution in [2.24, 2.45) is 0 Å². The SMILES string of the molecule is COc1cc(OC)c2ncc(C#N)c(S[C@@H]3CCO[C@H]3C)c2c1. The van der Waals surface area contributed by atoms with Gasteiger partial charge in [0.15, 0.2) is 0 Å². The fraction of sp³-hybridized carbons (Fsp3) is 0.412. The van der Waals surface area contributed by atoms with Crippen LogP contribution in [0.3, 0.4) is 0 Å². The van der Waals surface area contributed by atoms with E-state index < -0.39 is 0 Å². The molecule has 0 amide bonds. The van der Waals surface area contributed by atoms with E-state index in [1.165, 1.54) is 0 Å². The number of aromatic nitrogens is 1. The minimum atomic E-state index is 0.169. The fourth-order valence-corrected chi connectivity index (χ4v) is 4.01. The van der Waals surface area contributed by atoms with Gasteiger partial charge in [-0.15, -0.1) is 11.8 Å². The standard InChI is InChI=1S/C17H18N2O3S/c1-10-15(4-5-22-10)23-17-11(8-18)9-19-16-13(17)6-12(20-2)7-14(16)21-3/h6-7,9-10,15H,4-5H2,1-3H3/t10-,15+/m0/s1. The second kappa shape index (κ2) is 6.65. The van der Waals surface area contributed by atoms with Gasteiger partial charge in [0.05, 0.1) is 25.9 Å². The summed E-state index contributed by atoms with van der Waals surface area (Å²) in [5, 5.41) is 10.7. The molecule has 0 saturated carbocycles. The van der Waals surface area contributed by atoms with Crippen molar-refractivity contribution in [3.8, 4) is 17.6 Å². The van der Waals surface area contributed by atoms with E-state index in [1.807, 2.05) is 6.07 Å². The highest BCUT2D eigenvalue weighted by Crippen LogP contribution is 2.41. The van der Waals surface area contributed by atoms with E-state index in [-0.39, 0.29) is 6.10 Å². The second-order valence-electron chi connectivity index (χ2n) is 5.36. The van der Waals surface area contributed by atoms with E-state index in [0.717, 1.165) is 28.8 Å². The number of nitrogens with zero attached hydrogens (tertiary/aromatic N) is 2. The predicted octanol–water partition coefficient (Wildman–Crippen LogP) is 3.39. The summed E-state index contributed by atoms with van der Waals surface area (Å²) in [5.41, 5.74) is 1.30. The molecule has 0 bridgehead atoms. The molecule has 0 unspecified atom stereocenters. The number of fused-ring (bicyclic) bond motifs is 1. The summed E-state index contributed by atoms with van der Waals surface area (Å²) in [6.07, 6.45) is 2.75. The number of ether oxygens (including phenoxy) is 3. The van der Waals surface area contributed by atoms with Gasteiger partial charge in [-0.1, -0.05) is 0 Å². The molecule has 23 heavy (non-hydrogen) atoms. The highest BCUT2D eigenvalue weighted by Gasteiger charge is 2.27. The van der Waals surface area contributed by atoms with Crippen molar-refractivity contribution < 1.29 is 14.2 Å². The van der Waals surface area contributed by atoms with E-state index >= 15 is 0 Å². The summed E-state index contributed by atoms with van der Waals surface area (Å²) in [5.74, 6) is 1.32. The quantitative estimate of drug-likeness (QED) is 0.856. The van der Waals surface area contributed by atoms with E-state index in [0.29, 0.717) is 22.3 Å². The molecule has 0 aliphatic carbocycles. The third-order valence-corrected chi connectivity index (χ3v) is 5.61. The van der Waals surface area contributed by atoms with Crippen LogP contribution in [0.2, 0.25) is 0 Å². The summed E-state index contributed by atoms with van der Waals surface area (Å²) in [4.78, 5) is 5.32. The van der Waals surface area contributed by atoms with E-state index in [4.69, 9.17) is 14.2 Å². The molecule has 0 N–H and O–H groups in total. The largest absolute Gasteiger partial charge is 0.497 e. The topological polar surface area (TPSA) is 64.4 Å². The Morgan fingerprint density at radius 1 is 1.35 bits per heavy atom. The van der Waals surface area contributed by atoms with Crippen molar-refractivity contribution in [2.75, 3.05) is 20.8 Å². The Labute approximate surface area is 139 Å². The molecule has 2 atom stereocenters. The molecular formula is C17H18N2O3S. The van der Waals surface area contributed by atoms with Crippen LogP contribution in [0.15, 0.2) is 23.2 Å². The van der Waals surface area contributed by atoms with Gasteiger partial charge in [-0.2, -0.15) is 5.26 Å². The molecule has 1 aliphatic rings. The Morgan fingerprint density at radius 3 is 2.78 bits per heavy atom. The van der Waals surface area contributed by atoms with Crippen LogP contribution in [-0.2, 0) is 4.74 Å². The number of nitriles is 1. The van der Waals surface area contributed by atoms with Crippen molar-refractivity contribution in [3.63, 3.8) is 0 Å². The van der Waals surface area contributed by atoms with Gasteiger partial charge in [-0.25, -0.2) is 0 Å². The Bertz CT molecular complexity index is 773. The lowest BCUT2D eigenvalue weighted by molar-refractivity contribution is 0.127. The van der Waals surface area contributed by atoms with Gasteiger partial charge in [0.2, 0.25) is 0 Å². The zero-order chi connectivity index (χ0) is 16.4. The maximum atomic E-state index is 9.47. The normalized spacial score (nSPS) is 20.4. The molecule has 2 heterocycles. The van der Waals surface area contributed by atoms with Crippen LogP contribution in [0.5, 0.6) is 11.5 Å². The maximum absolute atomic E-state index is 9.47. The smallest absolute Gasteiger partial charge is 0.148 e. The van der Waals surface area contributed by atoms with Crippen LogP contribution >= 0.6 is 11.8 Å². The van der Waals surface area contributed by atoms with Gasteiger partial charge in [0.1, 0.15) is 23.1 Å². The zero-order valence-electron chi connectivity index (χ0n) is 13.3. The highest BCUT2D eigenvalue weighted by atomic mass is 32.2. The Balaban J connectivity index is 2.18. The van der Waals surface area contributed by atoms with Crippen molar-refractivity contribution in [1.29, 1.82) is 5.26 Å². The molecule has 1 aliphatic heterocycles. The monoisotopic (exact) mass is 330 g/mol. The predicted molar refractivity (Wildman–Crippen MR) is 89.2 cm³/mol. The summed E-state index contributed by atoms with van der Waals surface area (Å²) in [6, 6.07) is 5.96. The van der Waals surface area contributed by atoms with Crippen LogP contribution in [0.25, 0.3) is 10.9 Å². The second-order valence-corrected chi connectivity index (χ2v) is 6.61. The van der Waals surface area contributed by atoms with Crippen LogP contribution < -0.4 is 9.47 Å². The summed E-state index contributed by atoms with van der Waals surface area (Å²) < 4.78 is 16.4. The zero-order valence-corrected chi connectivity index (χ0v) is 14.1. The van der Waals surface area contributed by atoms with Gasteiger partial charge in [-0.05, 0) is 19.4 Å². The lowest BCUT2D eigenvalue weighted by Gasteiger charge is -2.17. The first-order valence-corrected chi connectivity index (χ1v) is 8.29. The highest BCUT2D eigenvalue weighted by molar-refractivity contribution is 8.00. The first kappa shape index (κ1) is 15.9. The van der Waals surface area contributed by atoms with E-state index in [9.17, 15) is 5.26 Å². The third kappa shape index (κ3) is 2.94. The Kier molecular flexibility index (Phi) is 4.60. The van der Waals surface area contributed by atoms with Crippen LogP contribution in [0.4, 0.5) is 0 Å². The minimum absolute atomic E-state index is 0.169. The van der Waals surface area contributed by atoms with Crippen molar-refractivity contribution >= 4 is 22.7 Å². The number of pyridine rings is 1. The fourth-order valence-electron chi connectivity index (χ4n) is 2.72. The molecular weight excluding hydrogens is 312 g/mol. The van der Waals surface area contributed by atoms with Crippen LogP contribution in [0.1, 0.15) is 18.9 Å². The molecule has 120 valence electrons. The number of benzene rings is 1. The van der Waals surface area contributed by atoms with Crippen molar-refractivity contribution in [3.05, 3.63) is 23.9 Å². The lowest BCUT2D eigenvalue weighted by atomic mass is 10.1. The average Bonchev–Trinajstić information content (AvgIpc) is 2.99. The first-order chi connectivity index (χ1) is 11.2. The maximum Gasteiger partial charge on any atom is 0.148 e. The van der Waals surface area contributed by atoms with Crippen molar-refractivity contribution in [1.82, 2.24) is 4.98 Å². The molecule has 0 radical (unpaired) electrons. The van der Waals surface area contributed by atoms with E-state index in [2.05, 4.69) is 18.0 Å². The van der Waals surface area contributed by atoms with Crippen LogP contribution in [0, 0.1) is 11.3 Å². The number of methoxy groups -OCH3 is 2. The van der Waals surface area contributed by atoms with Gasteiger partial charge in [0.25, 0.3) is 0 Å². The Hall–Kier alpha value is -1.97. The van der Waals surface area contributed by atoms with Crippen LogP contribution in [-0.4, -0.2) is 37.2 Å². The number of rotatable bonds is 4. The number of hydrogen-bond acceptors (Lipinski definition) is 6. The van der Waals surface area contributed by atoms with Gasteiger partial charge in [0, 0.05) is 34.4 Å². The van der Waals surface area contributed by atoms with E-state index in [1.54, 1.807) is 38.2 Å². The third-order valence-electron chi connectivity index (χ3n) is 4.01.